The summed E-state index contributed by atoms with van der Waals surface area (Å²) in [6.45, 7) is 4.31. The van der Waals surface area contributed by atoms with E-state index in [1.165, 1.54) is 28.8 Å². The number of hydrogen-bond donors (Lipinski definition) is 1. The Morgan fingerprint density at radius 2 is 1.81 bits per heavy atom. The van der Waals surface area contributed by atoms with Crippen molar-refractivity contribution < 1.29 is 23.5 Å². The molecular weight excluding hydrogens is 555 g/mol. The third kappa shape index (κ3) is 5.99. The second kappa shape index (κ2) is 12.7. The molecule has 0 bridgehead atoms. The number of nitrogens with one attached hydrogen (secondary N) is 1. The van der Waals surface area contributed by atoms with Crippen molar-refractivity contribution in [2.75, 3.05) is 38.0 Å². The van der Waals surface area contributed by atoms with Gasteiger partial charge in [-0.2, -0.15) is 5.10 Å². The Morgan fingerprint density at radius 1 is 1.07 bits per heavy atom. The highest BCUT2D eigenvalue weighted by Crippen LogP contribution is 2.51. The molecule has 1 aliphatic heterocycles. The van der Waals surface area contributed by atoms with Gasteiger partial charge in [0.15, 0.2) is 0 Å². The predicted molar refractivity (Wildman–Crippen MR) is 163 cm³/mol. The highest BCUT2D eigenvalue weighted by atomic mass is 32.2. The van der Waals surface area contributed by atoms with E-state index in [2.05, 4.69) is 5.32 Å². The van der Waals surface area contributed by atoms with Gasteiger partial charge in [0.05, 0.1) is 36.6 Å². The van der Waals surface area contributed by atoms with Crippen LogP contribution in [0.5, 0.6) is 11.5 Å². The molecule has 1 unspecified atom stereocenters. The first-order valence-electron chi connectivity index (χ1n) is 13.7. The minimum atomic E-state index is -0.415. The van der Waals surface area contributed by atoms with Gasteiger partial charge in [0.1, 0.15) is 29.7 Å². The van der Waals surface area contributed by atoms with E-state index in [1.807, 2.05) is 62.4 Å². The predicted octanol–water partition coefficient (Wildman–Crippen LogP) is 5.64. The second-order valence-electron chi connectivity index (χ2n) is 10.3. The molecule has 2 heterocycles. The number of methoxy groups -OCH3 is 2. The van der Waals surface area contributed by atoms with Crippen LogP contribution in [-0.4, -0.2) is 54.7 Å². The molecule has 0 aliphatic carbocycles. The third-order valence-electron chi connectivity index (χ3n) is 6.94. The topological polar surface area (TPSA) is 85.7 Å². The lowest BCUT2D eigenvalue weighted by Gasteiger charge is -2.24. The monoisotopic (exact) mass is 588 g/mol. The molecule has 8 nitrogen and oxygen atoms in total. The lowest BCUT2D eigenvalue weighted by molar-refractivity contribution is -0.123. The van der Waals surface area contributed by atoms with Crippen LogP contribution in [0.1, 0.15) is 30.2 Å². The molecule has 3 aromatic carbocycles. The molecule has 0 fully saturated rings. The quantitative estimate of drug-likeness (QED) is 0.273. The molecule has 10 heteroatoms. The SMILES string of the molecule is COc1ccc(OC)c(C2SCC(=O)N(CC(=O)NCC(C)C)c3c2c(-c2ccccc2)nn3-c2ccc(F)cc2)c1. The Labute approximate surface area is 248 Å². The number of nitrogens with zero attached hydrogens (tertiary/aromatic N) is 3. The van der Waals surface area contributed by atoms with Crippen molar-refractivity contribution in [3.8, 4) is 28.4 Å². The number of ether oxygens (including phenoxy) is 2. The fourth-order valence-electron chi connectivity index (χ4n) is 4.90. The zero-order valence-electron chi connectivity index (χ0n) is 24.0. The Balaban J connectivity index is 1.80. The van der Waals surface area contributed by atoms with Gasteiger partial charge >= 0.3 is 0 Å². The average molecular weight is 589 g/mol. The van der Waals surface area contributed by atoms with Gasteiger partial charge in [-0.15, -0.1) is 11.8 Å². The Hall–Kier alpha value is -4.31. The lowest BCUT2D eigenvalue weighted by atomic mass is 9.98. The molecule has 4 aromatic rings. The minimum Gasteiger partial charge on any atom is -0.497 e. The van der Waals surface area contributed by atoms with Crippen LogP contribution in [0.2, 0.25) is 0 Å². The van der Waals surface area contributed by atoms with Crippen molar-refractivity contribution in [1.29, 1.82) is 0 Å². The van der Waals surface area contributed by atoms with Gasteiger partial charge < -0.3 is 14.8 Å². The maximum absolute atomic E-state index is 14.0. The molecule has 0 spiro atoms. The summed E-state index contributed by atoms with van der Waals surface area (Å²) in [6.07, 6.45) is 0. The Bertz CT molecular complexity index is 1570. The standard InChI is InChI=1S/C32H33FN4O4S/c1-20(2)17-34-27(38)18-36-28(39)19-42-31(25-16-24(40-3)14-15-26(25)41-4)29-30(21-8-6-5-7-9-21)35-37(32(29)36)23-12-10-22(33)11-13-23/h5-16,20,31H,17-19H2,1-4H3,(H,34,38). The maximum Gasteiger partial charge on any atom is 0.240 e. The number of hydrogen-bond acceptors (Lipinski definition) is 6. The van der Waals surface area contributed by atoms with E-state index in [4.69, 9.17) is 14.6 Å². The number of thioether (sulfide) groups is 1. The average Bonchev–Trinajstić information content (AvgIpc) is 3.33. The number of amides is 2. The van der Waals surface area contributed by atoms with Crippen molar-refractivity contribution >= 4 is 29.4 Å². The van der Waals surface area contributed by atoms with Gasteiger partial charge in [0.25, 0.3) is 0 Å². The van der Waals surface area contributed by atoms with E-state index in [0.717, 1.165) is 16.7 Å². The minimum absolute atomic E-state index is 0.106. The number of halogens is 1. The van der Waals surface area contributed by atoms with Crippen LogP contribution in [0, 0.1) is 11.7 Å². The van der Waals surface area contributed by atoms with Crippen molar-refractivity contribution in [2.24, 2.45) is 5.92 Å². The highest BCUT2D eigenvalue weighted by molar-refractivity contribution is 8.00. The van der Waals surface area contributed by atoms with E-state index in [9.17, 15) is 14.0 Å². The normalized spacial score (nSPS) is 14.9. The fraction of sp³-hybridized carbons (Fsp3) is 0.281. The molecule has 42 heavy (non-hydrogen) atoms. The molecular formula is C32H33FN4O4S. The number of anilines is 1. The van der Waals surface area contributed by atoms with Crippen LogP contribution in [0.3, 0.4) is 0 Å². The summed E-state index contributed by atoms with van der Waals surface area (Å²) in [6, 6.07) is 21.1. The largest absolute Gasteiger partial charge is 0.497 e. The van der Waals surface area contributed by atoms with Gasteiger partial charge in [-0.1, -0.05) is 44.2 Å². The summed E-state index contributed by atoms with van der Waals surface area (Å²) >= 11 is 1.43. The molecule has 218 valence electrons. The Kier molecular flexibility index (Phi) is 8.82. The number of benzene rings is 3. The summed E-state index contributed by atoms with van der Waals surface area (Å²) < 4.78 is 27.0. The molecule has 0 radical (unpaired) electrons. The summed E-state index contributed by atoms with van der Waals surface area (Å²) in [7, 11) is 3.20. The van der Waals surface area contributed by atoms with Crippen LogP contribution in [0.15, 0.2) is 72.8 Å². The molecule has 1 atom stereocenters. The van der Waals surface area contributed by atoms with Gasteiger partial charge in [-0.3, -0.25) is 14.5 Å². The molecule has 5 rings (SSSR count). The van der Waals surface area contributed by atoms with Crippen molar-refractivity contribution in [1.82, 2.24) is 15.1 Å². The first-order chi connectivity index (χ1) is 20.3. The van der Waals surface area contributed by atoms with E-state index >= 15 is 0 Å². The van der Waals surface area contributed by atoms with Crippen molar-refractivity contribution in [3.63, 3.8) is 0 Å². The molecule has 0 saturated heterocycles. The number of rotatable bonds is 9. The Morgan fingerprint density at radius 3 is 2.48 bits per heavy atom. The molecule has 1 aromatic heterocycles. The van der Waals surface area contributed by atoms with Gasteiger partial charge in [0.2, 0.25) is 11.8 Å². The first kappa shape index (κ1) is 29.2. The van der Waals surface area contributed by atoms with Crippen LogP contribution in [0.4, 0.5) is 10.2 Å². The fourth-order valence-corrected chi connectivity index (χ4v) is 6.11. The molecule has 1 N–H and O–H groups in total. The summed E-state index contributed by atoms with van der Waals surface area (Å²) in [5, 5.41) is 7.54. The number of carbonyl (C=O) groups is 2. The van der Waals surface area contributed by atoms with E-state index < -0.39 is 11.1 Å². The van der Waals surface area contributed by atoms with Gasteiger partial charge in [-0.25, -0.2) is 9.07 Å². The highest BCUT2D eigenvalue weighted by Gasteiger charge is 2.38. The number of carbonyl (C=O) groups excluding carboxylic acids is 2. The second-order valence-corrected chi connectivity index (χ2v) is 11.4. The number of aromatic nitrogens is 2. The van der Waals surface area contributed by atoms with Crippen LogP contribution in [-0.2, 0) is 9.59 Å². The summed E-state index contributed by atoms with van der Waals surface area (Å²) in [5.41, 5.74) is 3.57. The maximum atomic E-state index is 14.0. The van der Waals surface area contributed by atoms with E-state index in [-0.39, 0.29) is 30.0 Å². The van der Waals surface area contributed by atoms with Crippen LogP contribution in [0.25, 0.3) is 16.9 Å². The van der Waals surface area contributed by atoms with Gasteiger partial charge in [0, 0.05) is 23.2 Å². The van der Waals surface area contributed by atoms with E-state index in [1.54, 1.807) is 31.0 Å². The third-order valence-corrected chi connectivity index (χ3v) is 8.17. The molecule has 2 amide bonds. The van der Waals surface area contributed by atoms with E-state index in [0.29, 0.717) is 35.2 Å². The van der Waals surface area contributed by atoms with Crippen molar-refractivity contribution in [3.05, 3.63) is 89.7 Å². The molecule has 0 saturated carbocycles. The summed E-state index contributed by atoms with van der Waals surface area (Å²) in [4.78, 5) is 28.5. The zero-order chi connectivity index (χ0) is 29.8. The van der Waals surface area contributed by atoms with Gasteiger partial charge in [-0.05, 0) is 48.4 Å². The first-order valence-corrected chi connectivity index (χ1v) is 14.7. The summed E-state index contributed by atoms with van der Waals surface area (Å²) in [5.74, 6) is 1.16. The zero-order valence-corrected chi connectivity index (χ0v) is 24.8. The van der Waals surface area contributed by atoms with Crippen molar-refractivity contribution in [2.45, 2.75) is 19.1 Å². The van der Waals surface area contributed by atoms with Crippen LogP contribution >= 0.6 is 11.8 Å². The smallest absolute Gasteiger partial charge is 0.240 e. The molecule has 1 aliphatic rings. The lowest BCUT2D eigenvalue weighted by Crippen LogP contribution is -2.43. The van der Waals surface area contributed by atoms with Crippen LogP contribution < -0.4 is 19.7 Å². The number of fused-ring (bicyclic) bond motifs is 1.